The van der Waals surface area contributed by atoms with Crippen LogP contribution in [0.4, 0.5) is 0 Å². The minimum absolute atomic E-state index is 0.502. The molecular weight excluding hydrogens is 120 g/mol. The van der Waals surface area contributed by atoms with E-state index in [2.05, 4.69) is 9.99 Å². The van der Waals surface area contributed by atoms with E-state index in [9.17, 15) is 4.79 Å². The third kappa shape index (κ3) is 6.68. The Morgan fingerprint density at radius 2 is 2.44 bits per heavy atom. The number of primary amides is 1. The van der Waals surface area contributed by atoms with Crippen molar-refractivity contribution >= 4 is 12.1 Å². The third-order valence-corrected chi connectivity index (χ3v) is 0.513. The molecule has 0 aliphatic heterocycles. The van der Waals surface area contributed by atoms with Crippen LogP contribution in [0.2, 0.25) is 0 Å². The highest BCUT2D eigenvalue weighted by molar-refractivity contribution is 5.90. The maximum absolute atomic E-state index is 10.00. The number of nitrogens with zero attached hydrogens (tertiary/aromatic N) is 1. The van der Waals surface area contributed by atoms with E-state index in [4.69, 9.17) is 5.73 Å². The van der Waals surface area contributed by atoms with Gasteiger partial charge in [0.1, 0.15) is 7.11 Å². The van der Waals surface area contributed by atoms with Crippen LogP contribution in [0.5, 0.6) is 0 Å². The molecule has 0 radical (unpaired) electrons. The fourth-order valence-corrected chi connectivity index (χ4v) is 0.234. The molecule has 0 aromatic rings. The number of hydrogen-bond acceptors (Lipinski definition) is 3. The van der Waals surface area contributed by atoms with Crippen LogP contribution in [0.1, 0.15) is 0 Å². The summed E-state index contributed by atoms with van der Waals surface area (Å²) >= 11 is 0. The summed E-state index contributed by atoms with van der Waals surface area (Å²) in [5.74, 6) is -0.502. The standard InChI is InChI=1S/C5H8N2O2/c1-9-7-4-2-3-5(6)8/h2-4H,1H3,(H2,6,8)/b3-2+,7-4+. The van der Waals surface area contributed by atoms with Crippen LogP contribution in [0.15, 0.2) is 17.3 Å². The van der Waals surface area contributed by atoms with Crippen molar-refractivity contribution in [2.75, 3.05) is 7.11 Å². The number of carbonyl (C=O) groups is 1. The Kier molecular flexibility index (Phi) is 4.12. The molecule has 0 aliphatic carbocycles. The van der Waals surface area contributed by atoms with E-state index in [-0.39, 0.29) is 0 Å². The highest BCUT2D eigenvalue weighted by Crippen LogP contribution is 1.67. The van der Waals surface area contributed by atoms with Crippen molar-refractivity contribution in [3.63, 3.8) is 0 Å². The number of hydrogen-bond donors (Lipinski definition) is 1. The van der Waals surface area contributed by atoms with Gasteiger partial charge in [0.05, 0.1) is 6.21 Å². The van der Waals surface area contributed by atoms with Crippen molar-refractivity contribution in [2.24, 2.45) is 10.9 Å². The first-order chi connectivity index (χ1) is 4.27. The number of nitrogens with two attached hydrogens (primary N) is 1. The molecular formula is C5H8N2O2. The second-order valence-electron chi connectivity index (χ2n) is 1.20. The molecule has 0 heterocycles. The average Bonchev–Trinajstić information content (AvgIpc) is 1.80. The van der Waals surface area contributed by atoms with E-state index in [0.29, 0.717) is 0 Å². The van der Waals surface area contributed by atoms with Crippen LogP contribution in [-0.2, 0) is 9.63 Å². The van der Waals surface area contributed by atoms with Gasteiger partial charge >= 0.3 is 0 Å². The monoisotopic (exact) mass is 128 g/mol. The topological polar surface area (TPSA) is 64.7 Å². The predicted molar refractivity (Wildman–Crippen MR) is 33.8 cm³/mol. The van der Waals surface area contributed by atoms with Crippen molar-refractivity contribution in [3.8, 4) is 0 Å². The van der Waals surface area contributed by atoms with Crippen LogP contribution in [0.25, 0.3) is 0 Å². The molecule has 0 saturated carbocycles. The summed E-state index contributed by atoms with van der Waals surface area (Å²) in [7, 11) is 1.41. The van der Waals surface area contributed by atoms with Crippen molar-refractivity contribution in [1.29, 1.82) is 0 Å². The van der Waals surface area contributed by atoms with Crippen LogP contribution >= 0.6 is 0 Å². The van der Waals surface area contributed by atoms with Crippen molar-refractivity contribution in [3.05, 3.63) is 12.2 Å². The number of carbonyl (C=O) groups excluding carboxylic acids is 1. The second-order valence-corrected chi connectivity index (χ2v) is 1.20. The molecule has 0 fully saturated rings. The van der Waals surface area contributed by atoms with E-state index < -0.39 is 5.91 Å². The molecule has 0 aliphatic rings. The lowest BCUT2D eigenvalue weighted by Gasteiger charge is -1.78. The van der Waals surface area contributed by atoms with Gasteiger partial charge in [-0.3, -0.25) is 4.79 Å². The zero-order valence-electron chi connectivity index (χ0n) is 5.07. The highest BCUT2D eigenvalue weighted by Gasteiger charge is 1.76. The van der Waals surface area contributed by atoms with Gasteiger partial charge in [0.25, 0.3) is 0 Å². The number of allylic oxidation sites excluding steroid dienone is 1. The lowest BCUT2D eigenvalue weighted by molar-refractivity contribution is -0.113. The summed E-state index contributed by atoms with van der Waals surface area (Å²) < 4.78 is 0. The van der Waals surface area contributed by atoms with Gasteiger partial charge in [-0.1, -0.05) is 5.16 Å². The Morgan fingerprint density at radius 1 is 1.78 bits per heavy atom. The molecule has 0 spiro atoms. The van der Waals surface area contributed by atoms with Gasteiger partial charge in [0.15, 0.2) is 0 Å². The molecule has 2 N–H and O–H groups in total. The normalized spacial score (nSPS) is 10.8. The average molecular weight is 128 g/mol. The van der Waals surface area contributed by atoms with Crippen molar-refractivity contribution in [2.45, 2.75) is 0 Å². The molecule has 4 nitrogen and oxygen atoms in total. The number of rotatable bonds is 3. The van der Waals surface area contributed by atoms with Gasteiger partial charge in [-0.15, -0.1) is 0 Å². The molecule has 0 bridgehead atoms. The smallest absolute Gasteiger partial charge is 0.241 e. The quantitative estimate of drug-likeness (QED) is 0.321. The maximum atomic E-state index is 10.00. The summed E-state index contributed by atoms with van der Waals surface area (Å²) in [5.41, 5.74) is 4.75. The number of amides is 1. The molecule has 1 amide bonds. The molecule has 0 atom stereocenters. The molecule has 0 aromatic carbocycles. The number of oxime groups is 1. The van der Waals surface area contributed by atoms with Gasteiger partial charge in [0.2, 0.25) is 5.91 Å². The third-order valence-electron chi connectivity index (χ3n) is 0.513. The zero-order valence-corrected chi connectivity index (χ0v) is 5.07. The first kappa shape index (κ1) is 7.68. The van der Waals surface area contributed by atoms with Gasteiger partial charge < -0.3 is 10.6 Å². The lowest BCUT2D eigenvalue weighted by Crippen LogP contribution is -2.05. The van der Waals surface area contributed by atoms with E-state index in [1.54, 1.807) is 0 Å². The molecule has 0 unspecified atom stereocenters. The first-order valence-corrected chi connectivity index (χ1v) is 2.30. The second kappa shape index (κ2) is 4.83. The minimum Gasteiger partial charge on any atom is -0.399 e. The largest absolute Gasteiger partial charge is 0.399 e. The fraction of sp³-hybridized carbons (Fsp3) is 0.200. The molecule has 50 valence electrons. The summed E-state index contributed by atoms with van der Waals surface area (Å²) in [5, 5.41) is 3.32. The molecule has 9 heavy (non-hydrogen) atoms. The Morgan fingerprint density at radius 3 is 2.89 bits per heavy atom. The van der Waals surface area contributed by atoms with Crippen molar-refractivity contribution < 1.29 is 9.63 Å². The summed E-state index contributed by atoms with van der Waals surface area (Å²) in [6, 6.07) is 0. The lowest BCUT2D eigenvalue weighted by atomic mass is 10.5. The Balaban J connectivity index is 3.47. The van der Waals surface area contributed by atoms with Gasteiger partial charge in [-0.25, -0.2) is 0 Å². The maximum Gasteiger partial charge on any atom is 0.241 e. The Hall–Kier alpha value is -1.32. The van der Waals surface area contributed by atoms with Gasteiger partial charge in [-0.2, -0.15) is 0 Å². The molecule has 0 aromatic heterocycles. The van der Waals surface area contributed by atoms with Crippen LogP contribution in [0, 0.1) is 0 Å². The summed E-state index contributed by atoms with van der Waals surface area (Å²) in [4.78, 5) is 14.3. The SMILES string of the molecule is CO/N=C/C=C/C(N)=O. The minimum atomic E-state index is -0.502. The molecule has 0 rings (SSSR count). The Labute approximate surface area is 53.0 Å². The van der Waals surface area contributed by atoms with E-state index in [1.165, 1.54) is 25.5 Å². The van der Waals surface area contributed by atoms with Gasteiger partial charge in [-0.05, 0) is 6.08 Å². The summed E-state index contributed by atoms with van der Waals surface area (Å²) in [6.45, 7) is 0. The highest BCUT2D eigenvalue weighted by atomic mass is 16.6. The molecule has 4 heteroatoms. The van der Waals surface area contributed by atoms with Crippen LogP contribution < -0.4 is 5.73 Å². The van der Waals surface area contributed by atoms with E-state index >= 15 is 0 Å². The van der Waals surface area contributed by atoms with Gasteiger partial charge in [0, 0.05) is 6.08 Å². The Bertz CT molecular complexity index is 140. The van der Waals surface area contributed by atoms with Crippen molar-refractivity contribution in [1.82, 2.24) is 0 Å². The molecule has 0 saturated heterocycles. The van der Waals surface area contributed by atoms with Crippen LogP contribution in [-0.4, -0.2) is 19.2 Å². The first-order valence-electron chi connectivity index (χ1n) is 2.30. The summed E-state index contributed by atoms with van der Waals surface area (Å²) in [6.07, 6.45) is 3.90. The van der Waals surface area contributed by atoms with E-state index in [1.807, 2.05) is 0 Å². The van der Waals surface area contributed by atoms with Crippen LogP contribution in [0.3, 0.4) is 0 Å². The predicted octanol–water partition coefficient (Wildman–Crippen LogP) is -0.340. The zero-order chi connectivity index (χ0) is 7.11. The fourth-order valence-electron chi connectivity index (χ4n) is 0.234. The van der Waals surface area contributed by atoms with E-state index in [0.717, 1.165) is 0 Å².